The number of nitrogens with two attached hydrogens (primary N) is 1. The monoisotopic (exact) mass is 191 g/mol. The number of nitrogens with zero attached hydrogens (tertiary/aromatic N) is 2. The lowest BCUT2D eigenvalue weighted by atomic mass is 10.3. The first kappa shape index (κ1) is 9.02. The summed E-state index contributed by atoms with van der Waals surface area (Å²) in [6.45, 7) is 0.617. The lowest BCUT2D eigenvalue weighted by Crippen LogP contribution is -2.02. The molecule has 0 unspecified atom stereocenters. The van der Waals surface area contributed by atoms with Crippen molar-refractivity contribution >= 4 is 5.65 Å². The summed E-state index contributed by atoms with van der Waals surface area (Å²) in [6.07, 6.45) is 4.72. The minimum Gasteiger partial charge on any atom is -0.493 e. The molecule has 4 heteroatoms. The van der Waals surface area contributed by atoms with Gasteiger partial charge in [0.15, 0.2) is 11.4 Å². The lowest BCUT2D eigenvalue weighted by molar-refractivity contribution is 0.417. The highest BCUT2D eigenvalue weighted by Gasteiger charge is 2.04. The summed E-state index contributed by atoms with van der Waals surface area (Å²) < 4.78 is 7.15. The fourth-order valence-corrected chi connectivity index (χ4v) is 1.47. The Morgan fingerprint density at radius 1 is 1.57 bits per heavy atom. The van der Waals surface area contributed by atoms with Crippen LogP contribution in [0.1, 0.15) is 5.69 Å². The van der Waals surface area contributed by atoms with E-state index in [0.29, 0.717) is 6.54 Å². The smallest absolute Gasteiger partial charge is 0.179 e. The largest absolute Gasteiger partial charge is 0.493 e. The first-order valence-electron chi connectivity index (χ1n) is 4.56. The van der Waals surface area contributed by atoms with Gasteiger partial charge in [0.05, 0.1) is 12.8 Å². The number of aromatic nitrogens is 2. The second kappa shape index (κ2) is 3.67. The molecule has 0 fully saturated rings. The first-order chi connectivity index (χ1) is 6.85. The predicted molar refractivity (Wildman–Crippen MR) is 54.5 cm³/mol. The molecule has 2 aromatic rings. The maximum atomic E-state index is 5.47. The number of ether oxygens (including phenoxy) is 1. The molecule has 2 rings (SSSR count). The number of hydrogen-bond donors (Lipinski definition) is 1. The molecule has 0 amide bonds. The van der Waals surface area contributed by atoms with Crippen molar-refractivity contribution in [3.05, 3.63) is 30.2 Å². The van der Waals surface area contributed by atoms with Gasteiger partial charge in [-0.15, -0.1) is 0 Å². The van der Waals surface area contributed by atoms with Gasteiger partial charge in [0, 0.05) is 18.8 Å². The molecule has 74 valence electrons. The Hall–Kier alpha value is -1.55. The van der Waals surface area contributed by atoms with Crippen LogP contribution in [-0.2, 0) is 6.42 Å². The highest BCUT2D eigenvalue weighted by Crippen LogP contribution is 2.18. The van der Waals surface area contributed by atoms with Crippen molar-refractivity contribution in [2.75, 3.05) is 13.7 Å². The van der Waals surface area contributed by atoms with Gasteiger partial charge in [0.25, 0.3) is 0 Å². The Morgan fingerprint density at radius 2 is 2.43 bits per heavy atom. The van der Waals surface area contributed by atoms with Crippen LogP contribution in [0.25, 0.3) is 5.65 Å². The second-order valence-corrected chi connectivity index (χ2v) is 3.08. The molecular formula is C10H13N3O. The number of hydrogen-bond acceptors (Lipinski definition) is 3. The summed E-state index contributed by atoms with van der Waals surface area (Å²) in [5.41, 5.74) is 7.32. The van der Waals surface area contributed by atoms with Crippen LogP contribution in [0.2, 0.25) is 0 Å². The molecule has 0 saturated heterocycles. The van der Waals surface area contributed by atoms with Crippen LogP contribution in [0, 0.1) is 0 Å². The van der Waals surface area contributed by atoms with Gasteiger partial charge >= 0.3 is 0 Å². The average molecular weight is 191 g/mol. The van der Waals surface area contributed by atoms with Gasteiger partial charge < -0.3 is 14.9 Å². The standard InChI is InChI=1S/C10H13N3O/c1-14-9-3-2-6-13-7-8(4-5-11)12-10(9)13/h2-3,6-7H,4-5,11H2,1H3. The van der Waals surface area contributed by atoms with Crippen LogP contribution in [-0.4, -0.2) is 23.0 Å². The van der Waals surface area contributed by atoms with Crippen molar-refractivity contribution < 1.29 is 4.74 Å². The Morgan fingerprint density at radius 3 is 3.14 bits per heavy atom. The van der Waals surface area contributed by atoms with Crippen LogP contribution in [0.15, 0.2) is 24.5 Å². The van der Waals surface area contributed by atoms with Crippen LogP contribution in [0.4, 0.5) is 0 Å². The molecule has 0 bridgehead atoms. The Labute approximate surface area is 82.3 Å². The van der Waals surface area contributed by atoms with Crippen LogP contribution < -0.4 is 10.5 Å². The van der Waals surface area contributed by atoms with E-state index in [1.165, 1.54) is 0 Å². The third-order valence-corrected chi connectivity index (χ3v) is 2.12. The molecule has 4 nitrogen and oxygen atoms in total. The van der Waals surface area contributed by atoms with E-state index in [9.17, 15) is 0 Å². The van der Waals surface area contributed by atoms with Crippen molar-refractivity contribution in [3.8, 4) is 5.75 Å². The highest BCUT2D eigenvalue weighted by atomic mass is 16.5. The Balaban J connectivity index is 2.52. The Kier molecular flexibility index (Phi) is 2.37. The molecule has 0 saturated carbocycles. The number of pyridine rings is 1. The molecule has 0 aliphatic carbocycles. The highest BCUT2D eigenvalue weighted by molar-refractivity contribution is 5.54. The molecule has 0 aliphatic rings. The van der Waals surface area contributed by atoms with Gasteiger partial charge in [-0.3, -0.25) is 0 Å². The third-order valence-electron chi connectivity index (χ3n) is 2.12. The maximum absolute atomic E-state index is 5.47. The number of rotatable bonds is 3. The van der Waals surface area contributed by atoms with E-state index >= 15 is 0 Å². The lowest BCUT2D eigenvalue weighted by Gasteiger charge is -1.99. The summed E-state index contributed by atoms with van der Waals surface area (Å²) in [6, 6.07) is 3.83. The summed E-state index contributed by atoms with van der Waals surface area (Å²) in [4.78, 5) is 4.43. The zero-order valence-electron chi connectivity index (χ0n) is 8.10. The second-order valence-electron chi connectivity index (χ2n) is 3.08. The fourth-order valence-electron chi connectivity index (χ4n) is 1.47. The van der Waals surface area contributed by atoms with E-state index in [1.807, 2.05) is 28.9 Å². The van der Waals surface area contributed by atoms with Crippen molar-refractivity contribution in [3.63, 3.8) is 0 Å². The Bertz CT molecular complexity index is 436. The topological polar surface area (TPSA) is 52.5 Å². The molecule has 0 aromatic carbocycles. The molecule has 0 atom stereocenters. The van der Waals surface area contributed by atoms with Crippen LogP contribution in [0.5, 0.6) is 5.75 Å². The van der Waals surface area contributed by atoms with E-state index < -0.39 is 0 Å². The zero-order chi connectivity index (χ0) is 9.97. The van der Waals surface area contributed by atoms with Gasteiger partial charge in [0.1, 0.15) is 0 Å². The van der Waals surface area contributed by atoms with Gasteiger partial charge in [-0.1, -0.05) is 0 Å². The summed E-state index contributed by atoms with van der Waals surface area (Å²) >= 11 is 0. The fraction of sp³-hybridized carbons (Fsp3) is 0.300. The van der Waals surface area contributed by atoms with Gasteiger partial charge in [-0.05, 0) is 18.7 Å². The number of fused-ring (bicyclic) bond motifs is 1. The number of imidazole rings is 1. The van der Waals surface area contributed by atoms with E-state index in [0.717, 1.165) is 23.5 Å². The van der Waals surface area contributed by atoms with Gasteiger partial charge in [-0.2, -0.15) is 0 Å². The van der Waals surface area contributed by atoms with Crippen molar-refractivity contribution in [1.29, 1.82) is 0 Å². The normalized spacial score (nSPS) is 10.7. The quantitative estimate of drug-likeness (QED) is 0.782. The maximum Gasteiger partial charge on any atom is 0.179 e. The van der Waals surface area contributed by atoms with E-state index in [2.05, 4.69) is 4.98 Å². The first-order valence-corrected chi connectivity index (χ1v) is 4.56. The molecule has 2 N–H and O–H groups in total. The third kappa shape index (κ3) is 1.44. The summed E-state index contributed by atoms with van der Waals surface area (Å²) in [7, 11) is 1.65. The zero-order valence-corrected chi connectivity index (χ0v) is 8.10. The van der Waals surface area contributed by atoms with E-state index in [4.69, 9.17) is 10.5 Å². The van der Waals surface area contributed by atoms with E-state index in [-0.39, 0.29) is 0 Å². The molecule has 0 aliphatic heterocycles. The predicted octanol–water partition coefficient (Wildman–Crippen LogP) is 0.844. The molecular weight excluding hydrogens is 178 g/mol. The number of methoxy groups -OCH3 is 1. The van der Waals surface area contributed by atoms with Crippen molar-refractivity contribution in [2.24, 2.45) is 5.73 Å². The molecule has 0 spiro atoms. The average Bonchev–Trinajstić information content (AvgIpc) is 2.60. The summed E-state index contributed by atoms with van der Waals surface area (Å²) in [5.74, 6) is 0.788. The minimum absolute atomic E-state index is 0.617. The van der Waals surface area contributed by atoms with Crippen molar-refractivity contribution in [2.45, 2.75) is 6.42 Å². The molecule has 2 heterocycles. The SMILES string of the molecule is COc1cccn2cc(CCN)nc12. The van der Waals surface area contributed by atoms with Crippen LogP contribution in [0.3, 0.4) is 0 Å². The van der Waals surface area contributed by atoms with Gasteiger partial charge in [-0.25, -0.2) is 4.98 Å². The summed E-state index contributed by atoms with van der Waals surface area (Å²) in [5, 5.41) is 0. The molecule has 0 radical (unpaired) electrons. The molecule has 2 aromatic heterocycles. The molecule has 14 heavy (non-hydrogen) atoms. The van der Waals surface area contributed by atoms with Crippen LogP contribution >= 0.6 is 0 Å². The van der Waals surface area contributed by atoms with Gasteiger partial charge in [0.2, 0.25) is 0 Å². The van der Waals surface area contributed by atoms with E-state index in [1.54, 1.807) is 7.11 Å². The van der Waals surface area contributed by atoms with Crippen molar-refractivity contribution in [1.82, 2.24) is 9.38 Å². The minimum atomic E-state index is 0.617.